The second kappa shape index (κ2) is 20.9. The molecule has 0 radical (unpaired) electrons. The van der Waals surface area contributed by atoms with E-state index in [1.807, 2.05) is 0 Å². The third kappa shape index (κ3) is 18.3. The normalized spacial score (nSPS) is 14.9. The molecule has 0 aromatic carbocycles. The molecule has 0 saturated heterocycles. The van der Waals surface area contributed by atoms with Gasteiger partial charge < -0.3 is 47.8 Å². The number of thioether (sulfide) groups is 2. The first kappa shape index (κ1) is 36.0. The number of hydrogen-bond donors (Lipinski definition) is 10. The van der Waals surface area contributed by atoms with Crippen LogP contribution in [0.15, 0.2) is 0 Å². The second-order valence-electron chi connectivity index (χ2n) is 7.66. The first-order valence-corrected chi connectivity index (χ1v) is 14.9. The first-order chi connectivity index (χ1) is 17.8. The number of nitrogens with two attached hydrogens (primary N) is 2. The van der Waals surface area contributed by atoms with Crippen molar-refractivity contribution in [1.29, 1.82) is 0 Å². The van der Waals surface area contributed by atoms with Gasteiger partial charge in [0.25, 0.3) is 5.91 Å². The molecule has 5 atom stereocenters. The summed E-state index contributed by atoms with van der Waals surface area (Å²) in [5.41, 5.74) is 10.6. The number of amides is 3. The van der Waals surface area contributed by atoms with Crippen LogP contribution in [-0.2, 0) is 35.0 Å². The lowest BCUT2D eigenvalue weighted by molar-refractivity contribution is -0.138. The van der Waals surface area contributed by atoms with Crippen molar-refractivity contribution in [2.24, 2.45) is 11.5 Å². The Bertz CT molecular complexity index is 809. The van der Waals surface area contributed by atoms with Gasteiger partial charge in [-0.25, -0.2) is 8.93 Å². The summed E-state index contributed by atoms with van der Waals surface area (Å²) in [6, 6.07) is -2.13. The van der Waals surface area contributed by atoms with Crippen LogP contribution >= 0.6 is 23.5 Å². The summed E-state index contributed by atoms with van der Waals surface area (Å²) in [6.45, 7) is 0.303. The van der Waals surface area contributed by atoms with E-state index in [4.69, 9.17) is 21.7 Å². The van der Waals surface area contributed by atoms with E-state index in [-0.39, 0.29) is 67.3 Å². The predicted molar refractivity (Wildman–Crippen MR) is 143 cm³/mol. The van der Waals surface area contributed by atoms with Gasteiger partial charge >= 0.3 is 11.9 Å². The number of aliphatic hydroxyl groups is 2. The number of aliphatic carboxylic acids is 2. The molecule has 16 nitrogen and oxygen atoms in total. The highest BCUT2D eigenvalue weighted by molar-refractivity contribution is 8.00. The Hall–Kier alpha value is -2.00. The Kier molecular flexibility index (Phi) is 19.8. The van der Waals surface area contributed by atoms with Gasteiger partial charge in [0.05, 0.1) is 28.6 Å². The summed E-state index contributed by atoms with van der Waals surface area (Å²) in [5.74, 6) is -3.87. The Morgan fingerprint density at radius 2 is 1.21 bits per heavy atom. The smallest absolute Gasteiger partial charge is 0.321 e. The van der Waals surface area contributed by atoms with Crippen molar-refractivity contribution in [3.05, 3.63) is 0 Å². The van der Waals surface area contributed by atoms with Crippen molar-refractivity contribution in [2.45, 2.75) is 30.7 Å². The van der Waals surface area contributed by atoms with E-state index in [2.05, 4.69) is 20.7 Å². The summed E-state index contributed by atoms with van der Waals surface area (Å²) in [5, 5.41) is 44.6. The van der Waals surface area contributed by atoms with Gasteiger partial charge in [-0.1, -0.05) is 0 Å². The van der Waals surface area contributed by atoms with Crippen LogP contribution in [0.2, 0.25) is 0 Å². The molecule has 0 fully saturated rings. The highest BCUT2D eigenvalue weighted by atomic mass is 32.2. The van der Waals surface area contributed by atoms with Crippen molar-refractivity contribution in [3.63, 3.8) is 0 Å². The van der Waals surface area contributed by atoms with Crippen LogP contribution in [0.1, 0.15) is 6.42 Å². The van der Waals surface area contributed by atoms with Crippen molar-refractivity contribution < 1.29 is 48.6 Å². The topological polar surface area (TPSA) is 284 Å². The molecule has 0 aliphatic rings. The highest BCUT2D eigenvalue weighted by Gasteiger charge is 2.24. The molecular weight excluding hydrogens is 568 g/mol. The van der Waals surface area contributed by atoms with Crippen LogP contribution < -0.4 is 32.1 Å². The minimum Gasteiger partial charge on any atom is -0.480 e. The fourth-order valence-electron chi connectivity index (χ4n) is 2.29. The average Bonchev–Trinajstić information content (AvgIpc) is 2.86. The van der Waals surface area contributed by atoms with E-state index in [1.54, 1.807) is 0 Å². The van der Waals surface area contributed by atoms with E-state index >= 15 is 0 Å². The monoisotopic (exact) mass is 604 g/mol. The van der Waals surface area contributed by atoms with E-state index in [0.29, 0.717) is 0 Å². The molecule has 38 heavy (non-hydrogen) atoms. The van der Waals surface area contributed by atoms with Gasteiger partial charge in [-0.2, -0.15) is 0 Å². The molecule has 3 amide bonds. The minimum absolute atomic E-state index is 0.0172. The van der Waals surface area contributed by atoms with Crippen molar-refractivity contribution in [1.82, 2.24) is 20.7 Å². The SMILES string of the molecule is NC(CSCC(=O)NCCNC(=O)C(O)C(O)CCS(=O)NCCNC(=O)CSCC(N)C(=O)O)C(=O)O. The first-order valence-electron chi connectivity index (χ1n) is 11.3. The van der Waals surface area contributed by atoms with Gasteiger partial charge in [0.2, 0.25) is 11.8 Å². The third-order valence-electron chi connectivity index (χ3n) is 4.38. The average molecular weight is 605 g/mol. The molecular formula is C19H36N6O10S3. The molecule has 0 saturated carbocycles. The summed E-state index contributed by atoms with van der Waals surface area (Å²) in [6.07, 6.45) is -3.42. The molecule has 12 N–H and O–H groups in total. The number of hydrogen-bond acceptors (Lipinski definition) is 12. The number of carboxylic acids is 2. The Morgan fingerprint density at radius 3 is 1.68 bits per heavy atom. The zero-order valence-corrected chi connectivity index (χ0v) is 22.9. The maximum Gasteiger partial charge on any atom is 0.321 e. The molecule has 0 aromatic heterocycles. The quantitative estimate of drug-likeness (QED) is 0.0518. The van der Waals surface area contributed by atoms with Gasteiger partial charge in [-0.05, 0) is 6.42 Å². The van der Waals surface area contributed by atoms with Crippen LogP contribution in [0.3, 0.4) is 0 Å². The van der Waals surface area contributed by atoms with Crippen molar-refractivity contribution in [3.8, 4) is 0 Å². The number of carboxylic acid groups (broad SMARTS) is 2. The fraction of sp³-hybridized carbons (Fsp3) is 0.737. The Labute approximate surface area is 230 Å². The lowest BCUT2D eigenvalue weighted by Gasteiger charge is -2.17. The highest BCUT2D eigenvalue weighted by Crippen LogP contribution is 2.03. The lowest BCUT2D eigenvalue weighted by atomic mass is 10.1. The van der Waals surface area contributed by atoms with E-state index < -0.39 is 59.0 Å². The molecule has 220 valence electrons. The molecule has 0 spiro atoms. The molecule has 0 aliphatic carbocycles. The van der Waals surface area contributed by atoms with E-state index in [9.17, 15) is 38.4 Å². The largest absolute Gasteiger partial charge is 0.480 e. The molecule has 19 heteroatoms. The van der Waals surface area contributed by atoms with Crippen LogP contribution in [0.5, 0.6) is 0 Å². The van der Waals surface area contributed by atoms with Crippen molar-refractivity contribution in [2.75, 3.05) is 54.9 Å². The van der Waals surface area contributed by atoms with Gasteiger partial charge in [-0.15, -0.1) is 23.5 Å². The lowest BCUT2D eigenvalue weighted by Crippen LogP contribution is -2.45. The predicted octanol–water partition coefficient (Wildman–Crippen LogP) is -5.01. The van der Waals surface area contributed by atoms with E-state index in [1.165, 1.54) is 0 Å². The summed E-state index contributed by atoms with van der Waals surface area (Å²) in [4.78, 5) is 56.4. The molecule has 0 aliphatic heterocycles. The molecule has 0 heterocycles. The number of carbonyl (C=O) groups excluding carboxylic acids is 3. The standard InChI is InChI=1S/C19H36N6O10S3/c20-11(18(31)32)7-36-9-14(27)22-2-3-24-17(30)16(29)13(26)1-6-38(35)25-5-4-23-15(28)10-37-8-12(21)19(33)34/h11-13,16,25-26,29H,1-10,20-21H2,(H,22,27)(H,23,28)(H,24,30)(H,31,32)(H,33,34). The second-order valence-corrected chi connectivity index (χ2v) is 11.1. The summed E-state index contributed by atoms with van der Waals surface area (Å²) in [7, 11) is -1.60. The van der Waals surface area contributed by atoms with Crippen LogP contribution in [0.25, 0.3) is 0 Å². The van der Waals surface area contributed by atoms with Crippen LogP contribution in [0, 0.1) is 0 Å². The number of nitrogens with one attached hydrogen (secondary N) is 4. The van der Waals surface area contributed by atoms with Crippen molar-refractivity contribution >= 4 is 64.2 Å². The number of carbonyl (C=O) groups is 5. The zero-order chi connectivity index (χ0) is 29.1. The Morgan fingerprint density at radius 1 is 0.763 bits per heavy atom. The zero-order valence-electron chi connectivity index (χ0n) is 20.5. The maximum absolute atomic E-state index is 12.0. The fourth-order valence-corrected chi connectivity index (χ4v) is 4.83. The summed E-state index contributed by atoms with van der Waals surface area (Å²) >= 11 is 2.11. The number of aliphatic hydroxyl groups excluding tert-OH is 2. The van der Waals surface area contributed by atoms with Gasteiger partial charge in [0.1, 0.15) is 12.1 Å². The van der Waals surface area contributed by atoms with Crippen LogP contribution in [0.4, 0.5) is 0 Å². The summed E-state index contributed by atoms with van der Waals surface area (Å²) < 4.78 is 14.6. The number of rotatable bonds is 22. The molecule has 0 aromatic rings. The maximum atomic E-state index is 12.0. The van der Waals surface area contributed by atoms with Gasteiger partial charge in [-0.3, -0.25) is 24.0 Å². The van der Waals surface area contributed by atoms with E-state index in [0.717, 1.165) is 23.5 Å². The van der Waals surface area contributed by atoms with Gasteiger partial charge in [0, 0.05) is 43.4 Å². The third-order valence-corrected chi connectivity index (χ3v) is 7.64. The Balaban J connectivity index is 3.93. The van der Waals surface area contributed by atoms with Gasteiger partial charge in [0.15, 0.2) is 6.10 Å². The molecule has 5 unspecified atom stereocenters. The minimum atomic E-state index is -1.78. The van der Waals surface area contributed by atoms with Crippen LogP contribution in [-0.4, -0.2) is 134 Å². The molecule has 0 rings (SSSR count). The molecule has 0 bridgehead atoms.